The number of aromatic nitrogens is 2. The van der Waals surface area contributed by atoms with Crippen molar-refractivity contribution >= 4 is 23.2 Å². The Labute approximate surface area is 123 Å². The summed E-state index contributed by atoms with van der Waals surface area (Å²) in [5.74, 6) is 0.560. The summed E-state index contributed by atoms with van der Waals surface area (Å²) in [4.78, 5) is 21.9. The Hall–Kier alpha value is -2.83. The number of amides is 2. The molecule has 21 heavy (non-hydrogen) atoms. The highest BCUT2D eigenvalue weighted by molar-refractivity contribution is 6.01. The molecule has 0 aliphatic carbocycles. The minimum absolute atomic E-state index is 0.243. The zero-order valence-electron chi connectivity index (χ0n) is 12.1. The Balaban J connectivity index is 2.13. The van der Waals surface area contributed by atoms with Crippen LogP contribution in [0.4, 0.5) is 22.0 Å². The molecule has 2 aromatic rings. The van der Waals surface area contributed by atoms with Crippen molar-refractivity contribution in [2.45, 2.75) is 0 Å². The van der Waals surface area contributed by atoms with Crippen LogP contribution in [0.5, 0.6) is 6.01 Å². The van der Waals surface area contributed by atoms with E-state index >= 15 is 0 Å². The van der Waals surface area contributed by atoms with Crippen LogP contribution in [0.3, 0.4) is 0 Å². The molecule has 0 unspecified atom stereocenters. The van der Waals surface area contributed by atoms with E-state index < -0.39 is 0 Å². The second kappa shape index (κ2) is 6.56. The lowest BCUT2D eigenvalue weighted by molar-refractivity contribution is 0.262. The van der Waals surface area contributed by atoms with Gasteiger partial charge in [-0.15, -0.1) is 0 Å². The Morgan fingerprint density at radius 3 is 2.52 bits per heavy atom. The first-order valence-electron chi connectivity index (χ1n) is 6.31. The molecule has 0 fully saturated rings. The first-order chi connectivity index (χ1) is 10.1. The van der Waals surface area contributed by atoms with Crippen LogP contribution >= 0.6 is 0 Å². The normalized spacial score (nSPS) is 9.86. The molecule has 1 heterocycles. The standard InChI is InChI=1S/C14H17N5O2/c1-19(2)12-11(9-15-14(18-12)21-3)17-13(20)16-10-7-5-4-6-8-10/h4-9H,1-3H3,(H2,16,17,20). The lowest BCUT2D eigenvalue weighted by Gasteiger charge is -2.17. The fourth-order valence-electron chi connectivity index (χ4n) is 1.69. The molecule has 1 aromatic heterocycles. The lowest BCUT2D eigenvalue weighted by atomic mass is 10.3. The summed E-state index contributed by atoms with van der Waals surface area (Å²) in [5, 5.41) is 5.45. The fraction of sp³-hybridized carbons (Fsp3) is 0.214. The molecule has 0 saturated heterocycles. The number of rotatable bonds is 4. The van der Waals surface area contributed by atoms with E-state index in [9.17, 15) is 4.79 Å². The maximum Gasteiger partial charge on any atom is 0.323 e. The van der Waals surface area contributed by atoms with Gasteiger partial charge >= 0.3 is 12.0 Å². The van der Waals surface area contributed by atoms with Gasteiger partial charge in [0.05, 0.1) is 13.3 Å². The number of carbonyl (C=O) groups is 1. The number of carbonyl (C=O) groups excluding carboxylic acids is 1. The predicted octanol–water partition coefficient (Wildman–Crippen LogP) is 2.20. The predicted molar refractivity (Wildman–Crippen MR) is 82.0 cm³/mol. The smallest absolute Gasteiger partial charge is 0.323 e. The Bertz CT molecular complexity index is 616. The molecular weight excluding hydrogens is 270 g/mol. The Morgan fingerprint density at radius 2 is 1.90 bits per heavy atom. The van der Waals surface area contributed by atoms with Gasteiger partial charge in [0, 0.05) is 19.8 Å². The van der Waals surface area contributed by atoms with Crippen molar-refractivity contribution < 1.29 is 9.53 Å². The van der Waals surface area contributed by atoms with E-state index in [4.69, 9.17) is 4.74 Å². The van der Waals surface area contributed by atoms with Crippen LogP contribution in [0.1, 0.15) is 0 Å². The van der Waals surface area contributed by atoms with Gasteiger partial charge in [0.25, 0.3) is 0 Å². The fourth-order valence-corrected chi connectivity index (χ4v) is 1.69. The van der Waals surface area contributed by atoms with E-state index in [2.05, 4.69) is 20.6 Å². The van der Waals surface area contributed by atoms with Crippen LogP contribution in [0.25, 0.3) is 0 Å². The van der Waals surface area contributed by atoms with E-state index in [1.807, 2.05) is 32.3 Å². The first-order valence-corrected chi connectivity index (χ1v) is 6.31. The largest absolute Gasteiger partial charge is 0.467 e. The maximum atomic E-state index is 12.0. The zero-order valence-corrected chi connectivity index (χ0v) is 12.1. The number of para-hydroxylation sites is 1. The molecule has 0 saturated carbocycles. The molecule has 0 aliphatic heterocycles. The molecule has 7 nitrogen and oxygen atoms in total. The second-order valence-electron chi connectivity index (χ2n) is 4.43. The van der Waals surface area contributed by atoms with Gasteiger partial charge in [-0.2, -0.15) is 4.98 Å². The highest BCUT2D eigenvalue weighted by Gasteiger charge is 2.12. The molecule has 0 radical (unpaired) electrons. The Morgan fingerprint density at radius 1 is 1.19 bits per heavy atom. The third-order valence-corrected chi connectivity index (χ3v) is 2.63. The number of nitrogens with one attached hydrogen (secondary N) is 2. The summed E-state index contributed by atoms with van der Waals surface area (Å²) >= 11 is 0. The van der Waals surface area contributed by atoms with Crippen molar-refractivity contribution in [2.75, 3.05) is 36.7 Å². The average molecular weight is 287 g/mol. The lowest BCUT2D eigenvalue weighted by Crippen LogP contribution is -2.22. The van der Waals surface area contributed by atoms with E-state index in [-0.39, 0.29) is 12.0 Å². The number of benzene rings is 1. The third-order valence-electron chi connectivity index (χ3n) is 2.63. The van der Waals surface area contributed by atoms with Gasteiger partial charge < -0.3 is 20.3 Å². The van der Waals surface area contributed by atoms with Gasteiger partial charge in [-0.1, -0.05) is 18.2 Å². The van der Waals surface area contributed by atoms with Crippen LogP contribution in [-0.2, 0) is 0 Å². The van der Waals surface area contributed by atoms with Crippen LogP contribution in [0, 0.1) is 0 Å². The van der Waals surface area contributed by atoms with Gasteiger partial charge in [-0.25, -0.2) is 9.78 Å². The van der Waals surface area contributed by atoms with E-state index in [0.717, 1.165) is 0 Å². The van der Waals surface area contributed by atoms with Crippen molar-refractivity contribution in [3.63, 3.8) is 0 Å². The summed E-state index contributed by atoms with van der Waals surface area (Å²) in [6.45, 7) is 0. The molecule has 2 amide bonds. The van der Waals surface area contributed by atoms with Crippen molar-refractivity contribution in [1.29, 1.82) is 0 Å². The van der Waals surface area contributed by atoms with Crippen molar-refractivity contribution in [3.05, 3.63) is 36.5 Å². The van der Waals surface area contributed by atoms with Gasteiger partial charge in [0.2, 0.25) is 0 Å². The monoisotopic (exact) mass is 287 g/mol. The average Bonchev–Trinajstić information content (AvgIpc) is 2.48. The summed E-state index contributed by atoms with van der Waals surface area (Å²) in [6.07, 6.45) is 1.51. The maximum absolute atomic E-state index is 12.0. The van der Waals surface area contributed by atoms with Crippen molar-refractivity contribution in [1.82, 2.24) is 9.97 Å². The number of nitrogens with zero attached hydrogens (tertiary/aromatic N) is 3. The molecule has 2 rings (SSSR count). The van der Waals surface area contributed by atoms with Crippen LogP contribution < -0.4 is 20.3 Å². The number of urea groups is 1. The number of methoxy groups -OCH3 is 1. The summed E-state index contributed by atoms with van der Waals surface area (Å²) < 4.78 is 4.98. The summed E-state index contributed by atoms with van der Waals surface area (Å²) in [6, 6.07) is 9.05. The number of ether oxygens (including phenoxy) is 1. The topological polar surface area (TPSA) is 79.4 Å². The minimum Gasteiger partial charge on any atom is -0.467 e. The third kappa shape index (κ3) is 3.82. The van der Waals surface area contributed by atoms with E-state index in [1.165, 1.54) is 13.3 Å². The van der Waals surface area contributed by atoms with Gasteiger partial charge in [0.15, 0.2) is 5.82 Å². The zero-order chi connectivity index (χ0) is 15.2. The molecule has 0 bridgehead atoms. The SMILES string of the molecule is COc1ncc(NC(=O)Nc2ccccc2)c(N(C)C)n1. The first kappa shape index (κ1) is 14.6. The van der Waals surface area contributed by atoms with Crippen LogP contribution in [-0.4, -0.2) is 37.2 Å². The molecule has 0 atom stereocenters. The van der Waals surface area contributed by atoms with Crippen molar-refractivity contribution in [3.8, 4) is 6.01 Å². The highest BCUT2D eigenvalue weighted by atomic mass is 16.5. The number of anilines is 3. The molecular formula is C14H17N5O2. The quantitative estimate of drug-likeness (QED) is 0.901. The van der Waals surface area contributed by atoms with E-state index in [1.54, 1.807) is 17.0 Å². The van der Waals surface area contributed by atoms with Crippen molar-refractivity contribution in [2.24, 2.45) is 0 Å². The molecule has 2 N–H and O–H groups in total. The summed E-state index contributed by atoms with van der Waals surface area (Å²) in [7, 11) is 5.13. The second-order valence-corrected chi connectivity index (χ2v) is 4.43. The van der Waals surface area contributed by atoms with Gasteiger partial charge in [-0.05, 0) is 12.1 Å². The minimum atomic E-state index is -0.363. The summed E-state index contributed by atoms with van der Waals surface area (Å²) in [5.41, 5.74) is 1.20. The molecule has 0 spiro atoms. The van der Waals surface area contributed by atoms with Gasteiger partial charge in [-0.3, -0.25) is 0 Å². The van der Waals surface area contributed by atoms with Crippen LogP contribution in [0.15, 0.2) is 36.5 Å². The van der Waals surface area contributed by atoms with Gasteiger partial charge in [0.1, 0.15) is 5.69 Å². The molecule has 110 valence electrons. The number of hydrogen-bond acceptors (Lipinski definition) is 5. The molecule has 0 aliphatic rings. The van der Waals surface area contributed by atoms with E-state index in [0.29, 0.717) is 17.2 Å². The highest BCUT2D eigenvalue weighted by Crippen LogP contribution is 2.23. The Kier molecular flexibility index (Phi) is 4.55. The molecule has 7 heteroatoms. The molecule has 1 aromatic carbocycles. The van der Waals surface area contributed by atoms with Crippen LogP contribution in [0.2, 0.25) is 0 Å². The number of hydrogen-bond donors (Lipinski definition) is 2.